The van der Waals surface area contributed by atoms with Crippen molar-refractivity contribution in [3.8, 4) is 5.75 Å². The summed E-state index contributed by atoms with van der Waals surface area (Å²) in [5.74, 6) is 0.391. The minimum absolute atomic E-state index is 0.251. The molecular weight excluding hydrogens is 367 g/mol. The Bertz CT molecular complexity index is 725. The summed E-state index contributed by atoms with van der Waals surface area (Å²) in [6.45, 7) is 2.33. The lowest BCUT2D eigenvalue weighted by Crippen LogP contribution is -2.12. The molecule has 0 aliphatic carbocycles. The summed E-state index contributed by atoms with van der Waals surface area (Å²) in [7, 11) is 0. The predicted octanol–water partition coefficient (Wildman–Crippen LogP) is 5.86. The largest absolute Gasteiger partial charge is 0.492 e. The first-order chi connectivity index (χ1) is 12.3. The molecule has 1 N–H and O–H groups in total. The Labute approximate surface area is 155 Å². The first-order valence-electron chi connectivity index (χ1n) is 8.12. The summed E-state index contributed by atoms with van der Waals surface area (Å²) >= 11 is 6.06. The zero-order valence-electron chi connectivity index (χ0n) is 14.2. The third-order valence-electron chi connectivity index (χ3n) is 3.70. The highest BCUT2D eigenvalue weighted by atomic mass is 35.5. The van der Waals surface area contributed by atoms with Crippen LogP contribution < -0.4 is 10.1 Å². The van der Waals surface area contributed by atoms with Crippen LogP contribution in [0.1, 0.15) is 30.4 Å². The molecule has 26 heavy (non-hydrogen) atoms. The van der Waals surface area contributed by atoms with Crippen molar-refractivity contribution in [2.75, 3.05) is 11.9 Å². The van der Waals surface area contributed by atoms with E-state index in [0.29, 0.717) is 35.9 Å². The molecule has 7 heteroatoms. The molecule has 3 nitrogen and oxygen atoms in total. The monoisotopic (exact) mass is 385 g/mol. The number of halogens is 4. The summed E-state index contributed by atoms with van der Waals surface area (Å²) in [4.78, 5) is 11.8. The van der Waals surface area contributed by atoms with Crippen LogP contribution in [0.4, 0.5) is 18.9 Å². The summed E-state index contributed by atoms with van der Waals surface area (Å²) in [6, 6.07) is 9.86. The number of hydrogen-bond donors (Lipinski definition) is 1. The van der Waals surface area contributed by atoms with Crippen molar-refractivity contribution in [2.24, 2.45) is 0 Å². The van der Waals surface area contributed by atoms with E-state index >= 15 is 0 Å². The molecule has 1 amide bonds. The standard InChI is InChI=1S/C19H19ClF3NO2/c1-13-5-4-6-16(20)18(13)26-12-3-2-7-17(25)24-15-10-8-14(9-11-15)19(21,22)23/h4-6,8-11H,2-3,7,12H2,1H3,(H,24,25). The molecule has 0 bridgehead atoms. The number of carbonyl (C=O) groups excluding carboxylic acids is 1. The molecule has 0 spiro atoms. The third-order valence-corrected chi connectivity index (χ3v) is 4.00. The van der Waals surface area contributed by atoms with Crippen molar-refractivity contribution < 1.29 is 22.7 Å². The van der Waals surface area contributed by atoms with E-state index in [9.17, 15) is 18.0 Å². The molecule has 0 radical (unpaired) electrons. The fourth-order valence-corrected chi connectivity index (χ4v) is 2.60. The summed E-state index contributed by atoms with van der Waals surface area (Å²) in [5.41, 5.74) is 0.533. The molecule has 0 atom stereocenters. The number of alkyl halides is 3. The molecule has 0 saturated heterocycles. The fraction of sp³-hybridized carbons (Fsp3) is 0.316. The number of para-hydroxylation sites is 1. The Balaban J connectivity index is 1.71. The van der Waals surface area contributed by atoms with Crippen LogP contribution in [-0.2, 0) is 11.0 Å². The van der Waals surface area contributed by atoms with E-state index in [1.807, 2.05) is 19.1 Å². The lowest BCUT2D eigenvalue weighted by Gasteiger charge is -2.11. The fourth-order valence-electron chi connectivity index (χ4n) is 2.33. The molecule has 0 unspecified atom stereocenters. The molecular formula is C19H19ClF3NO2. The SMILES string of the molecule is Cc1cccc(Cl)c1OCCCCC(=O)Nc1ccc(C(F)(F)F)cc1. The maximum atomic E-state index is 12.5. The Kier molecular flexibility index (Phi) is 6.91. The number of carbonyl (C=O) groups is 1. The van der Waals surface area contributed by atoms with Crippen LogP contribution in [0.3, 0.4) is 0 Å². The van der Waals surface area contributed by atoms with Crippen molar-refractivity contribution in [3.63, 3.8) is 0 Å². The van der Waals surface area contributed by atoms with Crippen molar-refractivity contribution in [1.29, 1.82) is 0 Å². The van der Waals surface area contributed by atoms with Crippen LogP contribution in [0.2, 0.25) is 5.02 Å². The number of ether oxygens (including phenoxy) is 1. The van der Waals surface area contributed by atoms with Crippen LogP contribution in [-0.4, -0.2) is 12.5 Å². The Morgan fingerprint density at radius 1 is 1.12 bits per heavy atom. The van der Waals surface area contributed by atoms with Gasteiger partial charge in [0.1, 0.15) is 5.75 Å². The predicted molar refractivity (Wildman–Crippen MR) is 95.6 cm³/mol. The van der Waals surface area contributed by atoms with Gasteiger partial charge in [-0.3, -0.25) is 4.79 Å². The Morgan fingerprint density at radius 2 is 1.81 bits per heavy atom. The molecule has 0 aliphatic heterocycles. The number of nitrogens with one attached hydrogen (secondary N) is 1. The number of benzene rings is 2. The Morgan fingerprint density at radius 3 is 2.42 bits per heavy atom. The van der Waals surface area contributed by atoms with Gasteiger partial charge in [0.25, 0.3) is 0 Å². The highest BCUT2D eigenvalue weighted by molar-refractivity contribution is 6.32. The number of anilines is 1. The van der Waals surface area contributed by atoms with E-state index in [-0.39, 0.29) is 12.3 Å². The smallest absolute Gasteiger partial charge is 0.416 e. The minimum atomic E-state index is -4.39. The zero-order chi connectivity index (χ0) is 19.2. The first-order valence-corrected chi connectivity index (χ1v) is 8.50. The molecule has 0 aromatic heterocycles. The zero-order valence-corrected chi connectivity index (χ0v) is 15.0. The number of rotatable bonds is 7. The summed E-state index contributed by atoms with van der Waals surface area (Å²) < 4.78 is 43.1. The minimum Gasteiger partial charge on any atom is -0.492 e. The van der Waals surface area contributed by atoms with Gasteiger partial charge < -0.3 is 10.1 Å². The molecule has 0 saturated carbocycles. The topological polar surface area (TPSA) is 38.3 Å². The van der Waals surface area contributed by atoms with E-state index in [1.165, 1.54) is 12.1 Å². The van der Waals surface area contributed by atoms with Gasteiger partial charge in [0, 0.05) is 12.1 Å². The molecule has 0 aliphatic rings. The van der Waals surface area contributed by atoms with Gasteiger partial charge >= 0.3 is 6.18 Å². The van der Waals surface area contributed by atoms with Crippen LogP contribution in [0.15, 0.2) is 42.5 Å². The second-order valence-electron chi connectivity index (χ2n) is 5.81. The van der Waals surface area contributed by atoms with E-state index in [0.717, 1.165) is 17.7 Å². The van der Waals surface area contributed by atoms with Gasteiger partial charge in [0.15, 0.2) is 0 Å². The van der Waals surface area contributed by atoms with Crippen LogP contribution in [0.5, 0.6) is 5.75 Å². The van der Waals surface area contributed by atoms with Crippen LogP contribution in [0, 0.1) is 6.92 Å². The van der Waals surface area contributed by atoms with E-state index in [2.05, 4.69) is 5.32 Å². The van der Waals surface area contributed by atoms with Crippen molar-refractivity contribution in [2.45, 2.75) is 32.4 Å². The van der Waals surface area contributed by atoms with Gasteiger partial charge in [-0.1, -0.05) is 23.7 Å². The lowest BCUT2D eigenvalue weighted by molar-refractivity contribution is -0.137. The second-order valence-corrected chi connectivity index (χ2v) is 6.22. The van der Waals surface area contributed by atoms with Gasteiger partial charge in [0.05, 0.1) is 17.2 Å². The average molecular weight is 386 g/mol. The van der Waals surface area contributed by atoms with E-state index < -0.39 is 11.7 Å². The first kappa shape index (κ1) is 20.1. The van der Waals surface area contributed by atoms with Gasteiger partial charge in [-0.25, -0.2) is 0 Å². The molecule has 0 heterocycles. The highest BCUT2D eigenvalue weighted by Crippen LogP contribution is 2.30. The maximum absolute atomic E-state index is 12.5. The average Bonchev–Trinajstić information content (AvgIpc) is 2.56. The number of amides is 1. The van der Waals surface area contributed by atoms with Crippen LogP contribution in [0.25, 0.3) is 0 Å². The molecule has 2 rings (SSSR count). The molecule has 2 aromatic carbocycles. The molecule has 0 fully saturated rings. The summed E-state index contributed by atoms with van der Waals surface area (Å²) in [5, 5.41) is 3.13. The van der Waals surface area contributed by atoms with Gasteiger partial charge in [-0.05, 0) is 55.7 Å². The third kappa shape index (κ3) is 5.95. The number of unbranched alkanes of at least 4 members (excludes halogenated alkanes) is 1. The van der Waals surface area contributed by atoms with Gasteiger partial charge in [-0.2, -0.15) is 13.2 Å². The number of hydrogen-bond acceptors (Lipinski definition) is 2. The van der Waals surface area contributed by atoms with E-state index in [4.69, 9.17) is 16.3 Å². The van der Waals surface area contributed by atoms with Gasteiger partial charge in [0.2, 0.25) is 5.91 Å². The normalized spacial score (nSPS) is 11.3. The maximum Gasteiger partial charge on any atom is 0.416 e. The Hall–Kier alpha value is -2.21. The molecule has 2 aromatic rings. The summed E-state index contributed by atoms with van der Waals surface area (Å²) in [6.07, 6.45) is -2.88. The lowest BCUT2D eigenvalue weighted by atomic mass is 10.2. The quantitative estimate of drug-likeness (QED) is 0.606. The van der Waals surface area contributed by atoms with Crippen LogP contribution >= 0.6 is 11.6 Å². The van der Waals surface area contributed by atoms with Crippen molar-refractivity contribution in [3.05, 3.63) is 58.6 Å². The van der Waals surface area contributed by atoms with E-state index in [1.54, 1.807) is 6.07 Å². The van der Waals surface area contributed by atoms with Crippen molar-refractivity contribution in [1.82, 2.24) is 0 Å². The second kappa shape index (κ2) is 8.94. The highest BCUT2D eigenvalue weighted by Gasteiger charge is 2.29. The van der Waals surface area contributed by atoms with Gasteiger partial charge in [-0.15, -0.1) is 0 Å². The molecule has 140 valence electrons. The number of aryl methyl sites for hydroxylation is 1. The van der Waals surface area contributed by atoms with Crippen molar-refractivity contribution >= 4 is 23.2 Å².